The summed E-state index contributed by atoms with van der Waals surface area (Å²) in [6, 6.07) is 1.92. The molecule has 5 heteroatoms. The molecule has 112 valence electrons. The number of nitrogens with two attached hydrogens (primary N) is 1. The van der Waals surface area contributed by atoms with Crippen molar-refractivity contribution in [1.82, 2.24) is 4.98 Å². The number of nitrogens with one attached hydrogen (secondary N) is 1. The summed E-state index contributed by atoms with van der Waals surface area (Å²) in [6.45, 7) is 4.81. The zero-order valence-corrected chi connectivity index (χ0v) is 13.9. The van der Waals surface area contributed by atoms with E-state index < -0.39 is 0 Å². The molecule has 4 nitrogen and oxygen atoms in total. The molecule has 0 aliphatic carbocycles. The molecule has 0 saturated carbocycles. The average molecular weight is 342 g/mol. The Labute approximate surface area is 129 Å². The van der Waals surface area contributed by atoms with Crippen LogP contribution in [-0.2, 0) is 4.79 Å². The first kappa shape index (κ1) is 17.1. The van der Waals surface area contributed by atoms with Crippen molar-refractivity contribution in [1.29, 1.82) is 0 Å². The maximum atomic E-state index is 11.9. The summed E-state index contributed by atoms with van der Waals surface area (Å²) in [7, 11) is 0. The van der Waals surface area contributed by atoms with Crippen LogP contribution in [0.25, 0.3) is 0 Å². The number of carbonyl (C=O) groups excluding carboxylic acids is 1. The van der Waals surface area contributed by atoms with Gasteiger partial charge in [-0.3, -0.25) is 4.79 Å². The van der Waals surface area contributed by atoms with Crippen LogP contribution in [0.2, 0.25) is 0 Å². The third-order valence-corrected chi connectivity index (χ3v) is 4.18. The number of pyridine rings is 1. The van der Waals surface area contributed by atoms with Gasteiger partial charge in [-0.15, -0.1) is 0 Å². The second-order valence-electron chi connectivity index (χ2n) is 5.15. The number of nitrogens with zero attached hydrogens (tertiary/aromatic N) is 1. The lowest BCUT2D eigenvalue weighted by Gasteiger charge is -2.14. The Hall–Kier alpha value is -0.940. The van der Waals surface area contributed by atoms with Crippen LogP contribution in [0, 0.1) is 12.8 Å². The van der Waals surface area contributed by atoms with E-state index in [4.69, 9.17) is 5.73 Å². The number of anilines is 1. The van der Waals surface area contributed by atoms with Gasteiger partial charge in [0, 0.05) is 6.42 Å². The van der Waals surface area contributed by atoms with Gasteiger partial charge >= 0.3 is 0 Å². The second-order valence-corrected chi connectivity index (χ2v) is 5.90. The standard InChI is InChI=1S/C15H24BrN3O/c1-3-4-12(7-8-17)5-6-14(20)19-13-9-11(2)15(16)18-10-13/h9-10,12H,3-8,17H2,1-2H3,(H,19,20). The van der Waals surface area contributed by atoms with Gasteiger partial charge in [-0.2, -0.15) is 0 Å². The van der Waals surface area contributed by atoms with Crippen molar-refractivity contribution in [2.45, 2.75) is 46.0 Å². The van der Waals surface area contributed by atoms with Crippen LogP contribution >= 0.6 is 15.9 Å². The largest absolute Gasteiger partial charge is 0.330 e. The SMILES string of the molecule is CCCC(CCN)CCC(=O)Nc1cnc(Br)c(C)c1. The van der Waals surface area contributed by atoms with E-state index in [1.165, 1.54) is 0 Å². The molecule has 0 spiro atoms. The zero-order chi connectivity index (χ0) is 15.0. The highest BCUT2D eigenvalue weighted by molar-refractivity contribution is 9.10. The number of carbonyl (C=O) groups is 1. The Morgan fingerprint density at radius 3 is 2.80 bits per heavy atom. The fourth-order valence-electron chi connectivity index (χ4n) is 2.26. The lowest BCUT2D eigenvalue weighted by atomic mass is 9.94. The smallest absolute Gasteiger partial charge is 0.224 e. The summed E-state index contributed by atoms with van der Waals surface area (Å²) >= 11 is 3.34. The monoisotopic (exact) mass is 341 g/mol. The van der Waals surface area contributed by atoms with Crippen LogP contribution in [0.5, 0.6) is 0 Å². The van der Waals surface area contributed by atoms with Gasteiger partial charge in [0.15, 0.2) is 0 Å². The molecule has 0 fully saturated rings. The fraction of sp³-hybridized carbons (Fsp3) is 0.600. The Bertz CT molecular complexity index is 431. The number of hydrogen-bond donors (Lipinski definition) is 2. The number of aromatic nitrogens is 1. The number of aryl methyl sites for hydroxylation is 1. The predicted octanol–water partition coefficient (Wildman–Crippen LogP) is 3.64. The molecule has 3 N–H and O–H groups in total. The van der Waals surface area contributed by atoms with Gasteiger partial charge in [-0.1, -0.05) is 19.8 Å². The summed E-state index contributed by atoms with van der Waals surface area (Å²) in [6.07, 6.45) is 6.39. The summed E-state index contributed by atoms with van der Waals surface area (Å²) in [5.41, 5.74) is 7.37. The van der Waals surface area contributed by atoms with Gasteiger partial charge < -0.3 is 11.1 Å². The van der Waals surface area contributed by atoms with Gasteiger partial charge in [-0.25, -0.2) is 4.98 Å². The number of halogens is 1. The highest BCUT2D eigenvalue weighted by Crippen LogP contribution is 2.19. The summed E-state index contributed by atoms with van der Waals surface area (Å²) in [4.78, 5) is 16.1. The first-order valence-electron chi connectivity index (χ1n) is 7.18. The molecule has 1 unspecified atom stereocenters. The van der Waals surface area contributed by atoms with Gasteiger partial charge in [0.05, 0.1) is 11.9 Å². The van der Waals surface area contributed by atoms with Crippen molar-refractivity contribution in [3.63, 3.8) is 0 Å². The van der Waals surface area contributed by atoms with Crippen molar-refractivity contribution in [3.8, 4) is 0 Å². The molecule has 1 amide bonds. The fourth-order valence-corrected chi connectivity index (χ4v) is 2.48. The Morgan fingerprint density at radius 1 is 1.45 bits per heavy atom. The van der Waals surface area contributed by atoms with Crippen LogP contribution in [0.3, 0.4) is 0 Å². The minimum absolute atomic E-state index is 0.0478. The van der Waals surface area contributed by atoms with E-state index in [9.17, 15) is 4.79 Å². The maximum Gasteiger partial charge on any atom is 0.224 e. The van der Waals surface area contributed by atoms with Crippen molar-refractivity contribution in [3.05, 3.63) is 22.4 Å². The van der Waals surface area contributed by atoms with E-state index in [2.05, 4.69) is 33.2 Å². The van der Waals surface area contributed by atoms with Gasteiger partial charge in [0.25, 0.3) is 0 Å². The third kappa shape index (κ3) is 6.01. The summed E-state index contributed by atoms with van der Waals surface area (Å²) in [5.74, 6) is 0.604. The minimum Gasteiger partial charge on any atom is -0.330 e. The van der Waals surface area contributed by atoms with E-state index in [0.717, 1.165) is 41.5 Å². The van der Waals surface area contributed by atoms with Crippen LogP contribution in [0.1, 0.15) is 44.6 Å². The zero-order valence-electron chi connectivity index (χ0n) is 12.3. The number of rotatable bonds is 8. The van der Waals surface area contributed by atoms with Crippen LogP contribution < -0.4 is 11.1 Å². The lowest BCUT2D eigenvalue weighted by Crippen LogP contribution is -2.15. The van der Waals surface area contributed by atoms with E-state index in [-0.39, 0.29) is 5.91 Å². The van der Waals surface area contributed by atoms with Crippen LogP contribution in [0.15, 0.2) is 16.9 Å². The number of amides is 1. The molecular weight excluding hydrogens is 318 g/mol. The maximum absolute atomic E-state index is 11.9. The molecule has 0 radical (unpaired) electrons. The lowest BCUT2D eigenvalue weighted by molar-refractivity contribution is -0.116. The van der Waals surface area contributed by atoms with E-state index in [0.29, 0.717) is 18.9 Å². The normalized spacial score (nSPS) is 12.2. The molecule has 0 aliphatic rings. The molecule has 1 atom stereocenters. The Morgan fingerprint density at radius 2 is 2.20 bits per heavy atom. The van der Waals surface area contributed by atoms with E-state index >= 15 is 0 Å². The highest BCUT2D eigenvalue weighted by Gasteiger charge is 2.10. The molecule has 20 heavy (non-hydrogen) atoms. The topological polar surface area (TPSA) is 68.0 Å². The quantitative estimate of drug-likeness (QED) is 0.709. The molecule has 0 aromatic carbocycles. The molecule has 1 aromatic heterocycles. The first-order chi connectivity index (χ1) is 9.56. The van der Waals surface area contributed by atoms with Crippen LogP contribution in [-0.4, -0.2) is 17.4 Å². The predicted molar refractivity (Wildman–Crippen MR) is 86.6 cm³/mol. The Balaban J connectivity index is 2.44. The van der Waals surface area contributed by atoms with Crippen molar-refractivity contribution >= 4 is 27.5 Å². The molecule has 0 bridgehead atoms. The molecule has 0 saturated heterocycles. The van der Waals surface area contributed by atoms with E-state index in [1.54, 1.807) is 6.20 Å². The highest BCUT2D eigenvalue weighted by atomic mass is 79.9. The molecular formula is C15H24BrN3O. The second kappa shape index (κ2) is 9.08. The average Bonchev–Trinajstić information content (AvgIpc) is 2.41. The van der Waals surface area contributed by atoms with Crippen LogP contribution in [0.4, 0.5) is 5.69 Å². The number of hydrogen-bond acceptors (Lipinski definition) is 3. The van der Waals surface area contributed by atoms with E-state index in [1.807, 2.05) is 13.0 Å². The molecule has 0 aliphatic heterocycles. The van der Waals surface area contributed by atoms with Crippen molar-refractivity contribution in [2.24, 2.45) is 11.7 Å². The third-order valence-electron chi connectivity index (χ3n) is 3.35. The van der Waals surface area contributed by atoms with Crippen molar-refractivity contribution < 1.29 is 4.79 Å². The van der Waals surface area contributed by atoms with Crippen molar-refractivity contribution in [2.75, 3.05) is 11.9 Å². The van der Waals surface area contributed by atoms with Gasteiger partial charge in [0.1, 0.15) is 4.60 Å². The molecule has 1 aromatic rings. The Kier molecular flexibility index (Phi) is 7.77. The first-order valence-corrected chi connectivity index (χ1v) is 7.98. The summed E-state index contributed by atoms with van der Waals surface area (Å²) < 4.78 is 0.807. The molecule has 1 heterocycles. The summed E-state index contributed by atoms with van der Waals surface area (Å²) in [5, 5.41) is 2.90. The van der Waals surface area contributed by atoms with Gasteiger partial charge in [0.2, 0.25) is 5.91 Å². The molecule has 1 rings (SSSR count). The van der Waals surface area contributed by atoms with Gasteiger partial charge in [-0.05, 0) is 59.8 Å². The minimum atomic E-state index is 0.0478.